The molecule has 0 heterocycles. The van der Waals surface area contributed by atoms with Gasteiger partial charge >= 0.3 is 0 Å². The molecule has 1 aromatic carbocycles. The van der Waals surface area contributed by atoms with Gasteiger partial charge in [0.05, 0.1) is 0 Å². The lowest BCUT2D eigenvalue weighted by Gasteiger charge is -2.26. The van der Waals surface area contributed by atoms with Crippen molar-refractivity contribution in [3.05, 3.63) is 88.8 Å². The lowest BCUT2D eigenvalue weighted by molar-refractivity contribution is 0.491. The molecule has 0 saturated carbocycles. The van der Waals surface area contributed by atoms with Crippen LogP contribution in [0.4, 0.5) is 0 Å². The standard InChI is InChI=1S/C24H33N/c1-7-14-24(10-4)25(18-13-15-20(5)8-2)21(6)19-23-17-12-11-16-22(23)9-3/h7-8,10-17,19H,9,18H2,1-6H3/b14-7-,15-13-,20-8-,21-19+,24-10+. The summed E-state index contributed by atoms with van der Waals surface area (Å²) in [5, 5.41) is 0. The summed E-state index contributed by atoms with van der Waals surface area (Å²) in [6.07, 6.45) is 16.3. The maximum atomic E-state index is 2.35. The summed E-state index contributed by atoms with van der Waals surface area (Å²) in [5.74, 6) is 0. The topological polar surface area (TPSA) is 3.24 Å². The van der Waals surface area contributed by atoms with Crippen LogP contribution in [0.1, 0.15) is 52.7 Å². The molecular weight excluding hydrogens is 302 g/mol. The molecule has 0 spiro atoms. The van der Waals surface area contributed by atoms with Crippen molar-refractivity contribution in [2.75, 3.05) is 6.54 Å². The smallest absolute Gasteiger partial charge is 0.0411 e. The van der Waals surface area contributed by atoms with E-state index in [1.165, 1.54) is 28.1 Å². The number of rotatable bonds is 8. The van der Waals surface area contributed by atoms with Gasteiger partial charge in [-0.1, -0.05) is 67.1 Å². The van der Waals surface area contributed by atoms with Crippen LogP contribution in [0.3, 0.4) is 0 Å². The number of aryl methyl sites for hydroxylation is 1. The van der Waals surface area contributed by atoms with Gasteiger partial charge in [-0.25, -0.2) is 0 Å². The Hall–Kier alpha value is -2.28. The summed E-state index contributed by atoms with van der Waals surface area (Å²) in [6, 6.07) is 8.64. The lowest BCUT2D eigenvalue weighted by atomic mass is 10.0. The van der Waals surface area contributed by atoms with Gasteiger partial charge in [-0.3, -0.25) is 0 Å². The zero-order chi connectivity index (χ0) is 18.7. The summed E-state index contributed by atoms with van der Waals surface area (Å²) in [7, 11) is 0. The second kappa shape index (κ2) is 11.3. The van der Waals surface area contributed by atoms with E-state index in [-0.39, 0.29) is 0 Å². The molecule has 0 aliphatic heterocycles. The van der Waals surface area contributed by atoms with Gasteiger partial charge < -0.3 is 4.90 Å². The molecule has 0 atom stereocenters. The van der Waals surface area contributed by atoms with E-state index >= 15 is 0 Å². The van der Waals surface area contributed by atoms with Gasteiger partial charge in [0.1, 0.15) is 0 Å². The molecule has 0 amide bonds. The van der Waals surface area contributed by atoms with Gasteiger partial charge in [-0.2, -0.15) is 0 Å². The number of hydrogen-bond acceptors (Lipinski definition) is 1. The third kappa shape index (κ3) is 6.62. The average Bonchev–Trinajstić information content (AvgIpc) is 2.63. The molecule has 1 aromatic rings. The van der Waals surface area contributed by atoms with E-state index in [0.29, 0.717) is 0 Å². The number of benzene rings is 1. The number of hydrogen-bond donors (Lipinski definition) is 0. The van der Waals surface area contributed by atoms with Crippen LogP contribution in [0.2, 0.25) is 0 Å². The van der Waals surface area contributed by atoms with E-state index in [2.05, 4.69) is 113 Å². The van der Waals surface area contributed by atoms with Crippen LogP contribution in [0.5, 0.6) is 0 Å². The van der Waals surface area contributed by atoms with Crippen LogP contribution in [-0.4, -0.2) is 11.4 Å². The Bertz CT molecular complexity index is 684. The molecule has 1 nitrogen and oxygen atoms in total. The van der Waals surface area contributed by atoms with Crippen molar-refractivity contribution in [1.82, 2.24) is 4.90 Å². The fraction of sp³-hybridized carbons (Fsp3) is 0.333. The predicted octanol–water partition coefficient (Wildman–Crippen LogP) is 6.91. The van der Waals surface area contributed by atoms with Crippen molar-refractivity contribution in [1.29, 1.82) is 0 Å². The molecule has 1 rings (SSSR count). The first-order valence-corrected chi connectivity index (χ1v) is 9.19. The molecule has 134 valence electrons. The van der Waals surface area contributed by atoms with E-state index in [1.807, 2.05) is 0 Å². The Morgan fingerprint density at radius 3 is 2.32 bits per heavy atom. The molecule has 0 aliphatic carbocycles. The van der Waals surface area contributed by atoms with Gasteiger partial charge in [0.25, 0.3) is 0 Å². The predicted molar refractivity (Wildman–Crippen MR) is 113 cm³/mol. The quantitative estimate of drug-likeness (QED) is 0.466. The minimum Gasteiger partial charge on any atom is -0.342 e. The minimum absolute atomic E-state index is 0.853. The molecule has 1 heteroatoms. The third-order valence-corrected chi connectivity index (χ3v) is 4.30. The summed E-state index contributed by atoms with van der Waals surface area (Å²) in [6.45, 7) is 13.6. The molecule has 0 radical (unpaired) electrons. The lowest BCUT2D eigenvalue weighted by Crippen LogP contribution is -2.20. The van der Waals surface area contributed by atoms with Crippen LogP contribution >= 0.6 is 0 Å². The van der Waals surface area contributed by atoms with Crippen molar-refractivity contribution in [3.63, 3.8) is 0 Å². The van der Waals surface area contributed by atoms with Crippen LogP contribution in [0.15, 0.2) is 77.7 Å². The minimum atomic E-state index is 0.853. The Labute approximate surface area is 154 Å². The van der Waals surface area contributed by atoms with Crippen molar-refractivity contribution in [2.45, 2.75) is 48.0 Å². The zero-order valence-corrected chi connectivity index (χ0v) is 16.7. The van der Waals surface area contributed by atoms with Crippen molar-refractivity contribution in [3.8, 4) is 0 Å². The van der Waals surface area contributed by atoms with E-state index in [0.717, 1.165) is 13.0 Å². The summed E-state index contributed by atoms with van der Waals surface area (Å²) >= 11 is 0. The number of nitrogens with zero attached hydrogens (tertiary/aromatic N) is 1. The Morgan fingerprint density at radius 2 is 1.72 bits per heavy atom. The molecule has 0 unspecified atom stereocenters. The Kier molecular flexibility index (Phi) is 9.39. The highest BCUT2D eigenvalue weighted by Gasteiger charge is 2.08. The molecule has 25 heavy (non-hydrogen) atoms. The molecule has 0 bridgehead atoms. The summed E-state index contributed by atoms with van der Waals surface area (Å²) in [5.41, 5.74) is 6.43. The zero-order valence-electron chi connectivity index (χ0n) is 16.7. The molecule has 0 aromatic heterocycles. The molecule has 0 saturated heterocycles. The van der Waals surface area contributed by atoms with E-state index in [1.54, 1.807) is 0 Å². The van der Waals surface area contributed by atoms with E-state index in [9.17, 15) is 0 Å². The van der Waals surface area contributed by atoms with Crippen molar-refractivity contribution in [2.24, 2.45) is 0 Å². The van der Waals surface area contributed by atoms with Gasteiger partial charge in [0.15, 0.2) is 0 Å². The number of allylic oxidation sites excluding steroid dienone is 7. The molecule has 0 fully saturated rings. The second-order valence-corrected chi connectivity index (χ2v) is 6.10. The van der Waals surface area contributed by atoms with Crippen molar-refractivity contribution >= 4 is 6.08 Å². The maximum absolute atomic E-state index is 2.35. The molecule has 0 aliphatic rings. The highest BCUT2D eigenvalue weighted by molar-refractivity contribution is 5.56. The second-order valence-electron chi connectivity index (χ2n) is 6.10. The van der Waals surface area contributed by atoms with Gasteiger partial charge in [-0.05, 0) is 64.3 Å². The molecular formula is C24H33N. The normalized spacial score (nSPS) is 13.9. The first kappa shape index (κ1) is 20.8. The Balaban J connectivity index is 3.20. The monoisotopic (exact) mass is 335 g/mol. The highest BCUT2D eigenvalue weighted by Crippen LogP contribution is 2.20. The van der Waals surface area contributed by atoms with Gasteiger partial charge in [-0.15, -0.1) is 0 Å². The van der Waals surface area contributed by atoms with Crippen LogP contribution < -0.4 is 0 Å². The van der Waals surface area contributed by atoms with E-state index < -0.39 is 0 Å². The first-order chi connectivity index (χ1) is 12.1. The fourth-order valence-electron chi connectivity index (χ4n) is 2.71. The third-order valence-electron chi connectivity index (χ3n) is 4.30. The van der Waals surface area contributed by atoms with Gasteiger partial charge in [0.2, 0.25) is 0 Å². The fourth-order valence-corrected chi connectivity index (χ4v) is 2.71. The average molecular weight is 336 g/mol. The highest BCUT2D eigenvalue weighted by atomic mass is 15.1. The maximum Gasteiger partial charge on any atom is 0.0411 e. The molecule has 0 N–H and O–H groups in total. The van der Waals surface area contributed by atoms with Crippen LogP contribution in [-0.2, 0) is 6.42 Å². The largest absolute Gasteiger partial charge is 0.342 e. The first-order valence-electron chi connectivity index (χ1n) is 9.19. The van der Waals surface area contributed by atoms with Gasteiger partial charge in [0, 0.05) is 17.9 Å². The van der Waals surface area contributed by atoms with E-state index in [4.69, 9.17) is 0 Å². The Morgan fingerprint density at radius 1 is 1.00 bits per heavy atom. The SMILES string of the molecule is C/C=C\C(=C/C)N(C/C=C\C(C)=C/C)/C(C)=C/c1ccccc1CC. The summed E-state index contributed by atoms with van der Waals surface area (Å²) in [4.78, 5) is 2.35. The van der Waals surface area contributed by atoms with Crippen molar-refractivity contribution < 1.29 is 0 Å². The summed E-state index contributed by atoms with van der Waals surface area (Å²) < 4.78 is 0. The van der Waals surface area contributed by atoms with Crippen LogP contribution in [0.25, 0.3) is 6.08 Å². The van der Waals surface area contributed by atoms with Crippen LogP contribution in [0, 0.1) is 0 Å².